The molecule has 6 heteroatoms. The standard InChI is InChI=1S/C22H25FN2O3/c1-15(28-18-13-11-16(23)12-14-18)21(26)25-20-10-6-5-9-19(20)22(27)24-17-7-3-2-4-8-17/h5-6,9-15,17H,2-4,7-8H2,1H3,(H,24,27)(H,25,26)/t15-/m0/s1. The fourth-order valence-corrected chi connectivity index (χ4v) is 3.31. The zero-order valence-corrected chi connectivity index (χ0v) is 15.9. The third-order valence-electron chi connectivity index (χ3n) is 4.87. The van der Waals surface area contributed by atoms with Crippen LogP contribution in [0, 0.1) is 5.82 Å². The summed E-state index contributed by atoms with van der Waals surface area (Å²) < 4.78 is 18.5. The smallest absolute Gasteiger partial charge is 0.265 e. The largest absolute Gasteiger partial charge is 0.481 e. The van der Waals surface area contributed by atoms with Crippen molar-refractivity contribution in [1.29, 1.82) is 0 Å². The predicted molar refractivity (Wildman–Crippen MR) is 106 cm³/mol. The molecule has 2 amide bonds. The molecule has 2 aromatic rings. The molecule has 2 aromatic carbocycles. The number of nitrogens with one attached hydrogen (secondary N) is 2. The van der Waals surface area contributed by atoms with E-state index < -0.39 is 6.10 Å². The van der Waals surface area contributed by atoms with E-state index in [2.05, 4.69) is 10.6 Å². The highest BCUT2D eigenvalue weighted by Crippen LogP contribution is 2.21. The maximum Gasteiger partial charge on any atom is 0.265 e. The van der Waals surface area contributed by atoms with Crippen LogP contribution in [-0.4, -0.2) is 24.0 Å². The Hall–Kier alpha value is -2.89. The van der Waals surface area contributed by atoms with E-state index in [-0.39, 0.29) is 23.7 Å². The Morgan fingerprint density at radius 3 is 2.43 bits per heavy atom. The van der Waals surface area contributed by atoms with Gasteiger partial charge in [0.05, 0.1) is 11.3 Å². The van der Waals surface area contributed by atoms with Gasteiger partial charge in [0.1, 0.15) is 11.6 Å². The van der Waals surface area contributed by atoms with Gasteiger partial charge in [-0.15, -0.1) is 0 Å². The summed E-state index contributed by atoms with van der Waals surface area (Å²) in [6, 6.07) is 12.6. The molecule has 0 bridgehead atoms. The van der Waals surface area contributed by atoms with Crippen LogP contribution in [-0.2, 0) is 4.79 Å². The number of hydrogen-bond acceptors (Lipinski definition) is 3. The third-order valence-corrected chi connectivity index (χ3v) is 4.87. The monoisotopic (exact) mass is 384 g/mol. The van der Waals surface area contributed by atoms with Crippen LogP contribution in [0.3, 0.4) is 0 Å². The lowest BCUT2D eigenvalue weighted by atomic mass is 9.95. The molecule has 0 aromatic heterocycles. The van der Waals surface area contributed by atoms with Gasteiger partial charge < -0.3 is 15.4 Å². The minimum atomic E-state index is -0.806. The molecule has 1 aliphatic rings. The van der Waals surface area contributed by atoms with Gasteiger partial charge in [0.15, 0.2) is 6.10 Å². The average molecular weight is 384 g/mol. The minimum absolute atomic E-state index is 0.185. The molecule has 1 aliphatic carbocycles. The van der Waals surface area contributed by atoms with E-state index in [1.54, 1.807) is 31.2 Å². The molecular formula is C22H25FN2O3. The number of benzene rings is 2. The summed E-state index contributed by atoms with van der Waals surface area (Å²) in [6.45, 7) is 1.60. The van der Waals surface area contributed by atoms with Gasteiger partial charge in [-0.1, -0.05) is 31.4 Å². The molecule has 3 rings (SSSR count). The SMILES string of the molecule is C[C@H](Oc1ccc(F)cc1)C(=O)Nc1ccccc1C(=O)NC1CCCCC1. The van der Waals surface area contributed by atoms with E-state index >= 15 is 0 Å². The van der Waals surface area contributed by atoms with Crippen molar-refractivity contribution in [3.05, 3.63) is 59.9 Å². The summed E-state index contributed by atoms with van der Waals surface area (Å²) >= 11 is 0. The first-order valence-electron chi connectivity index (χ1n) is 9.66. The lowest BCUT2D eigenvalue weighted by Gasteiger charge is -2.23. The molecular weight excluding hydrogens is 359 g/mol. The highest BCUT2D eigenvalue weighted by Gasteiger charge is 2.21. The first kappa shape index (κ1) is 19.9. The van der Waals surface area contributed by atoms with E-state index in [4.69, 9.17) is 4.74 Å². The Morgan fingerprint density at radius 2 is 1.71 bits per heavy atom. The number of rotatable bonds is 6. The fraction of sp³-hybridized carbons (Fsp3) is 0.364. The molecule has 0 heterocycles. The van der Waals surface area contributed by atoms with Crippen LogP contribution in [0.4, 0.5) is 10.1 Å². The summed E-state index contributed by atoms with van der Waals surface area (Å²) in [4.78, 5) is 25.2. The van der Waals surface area contributed by atoms with E-state index in [1.165, 1.54) is 30.7 Å². The Bertz CT molecular complexity index is 817. The number of anilines is 1. The van der Waals surface area contributed by atoms with Gasteiger partial charge in [-0.3, -0.25) is 9.59 Å². The molecule has 1 atom stereocenters. The molecule has 148 valence electrons. The molecule has 0 radical (unpaired) electrons. The first-order chi connectivity index (χ1) is 13.5. The summed E-state index contributed by atoms with van der Waals surface area (Å²) in [5.41, 5.74) is 0.866. The normalized spacial score (nSPS) is 15.5. The van der Waals surface area contributed by atoms with Crippen molar-refractivity contribution in [2.24, 2.45) is 0 Å². The number of amides is 2. The first-order valence-corrected chi connectivity index (χ1v) is 9.66. The van der Waals surface area contributed by atoms with Gasteiger partial charge in [0, 0.05) is 6.04 Å². The molecule has 2 N–H and O–H groups in total. The quantitative estimate of drug-likeness (QED) is 0.781. The predicted octanol–water partition coefficient (Wildman–Crippen LogP) is 4.29. The van der Waals surface area contributed by atoms with Crippen LogP contribution in [0.5, 0.6) is 5.75 Å². The molecule has 28 heavy (non-hydrogen) atoms. The molecule has 0 saturated heterocycles. The van der Waals surface area contributed by atoms with Crippen molar-refractivity contribution < 1.29 is 18.7 Å². The topological polar surface area (TPSA) is 67.4 Å². The minimum Gasteiger partial charge on any atom is -0.481 e. The van der Waals surface area contributed by atoms with Gasteiger partial charge in [0.25, 0.3) is 11.8 Å². The van der Waals surface area contributed by atoms with Crippen molar-refractivity contribution >= 4 is 17.5 Å². The second-order valence-corrected chi connectivity index (χ2v) is 7.06. The second kappa shape index (κ2) is 9.35. The van der Waals surface area contributed by atoms with E-state index in [0.717, 1.165) is 25.7 Å². The Labute approximate surface area is 164 Å². The van der Waals surface area contributed by atoms with E-state index in [1.807, 2.05) is 0 Å². The van der Waals surface area contributed by atoms with Crippen molar-refractivity contribution in [2.45, 2.75) is 51.2 Å². The van der Waals surface area contributed by atoms with Crippen molar-refractivity contribution in [3.8, 4) is 5.75 Å². The van der Waals surface area contributed by atoms with Crippen LogP contribution < -0.4 is 15.4 Å². The van der Waals surface area contributed by atoms with Crippen LogP contribution in [0.25, 0.3) is 0 Å². The van der Waals surface area contributed by atoms with E-state index in [9.17, 15) is 14.0 Å². The average Bonchev–Trinajstić information content (AvgIpc) is 2.70. The van der Waals surface area contributed by atoms with Gasteiger partial charge >= 0.3 is 0 Å². The van der Waals surface area contributed by atoms with Crippen LogP contribution in [0.15, 0.2) is 48.5 Å². The zero-order chi connectivity index (χ0) is 19.9. The van der Waals surface area contributed by atoms with Gasteiger partial charge in [-0.25, -0.2) is 4.39 Å². The Balaban J connectivity index is 1.63. The number of halogens is 1. The molecule has 1 fully saturated rings. The maximum absolute atomic E-state index is 13.0. The van der Waals surface area contributed by atoms with Crippen molar-refractivity contribution in [2.75, 3.05) is 5.32 Å². The lowest BCUT2D eigenvalue weighted by Crippen LogP contribution is -2.37. The van der Waals surface area contributed by atoms with Crippen LogP contribution >= 0.6 is 0 Å². The zero-order valence-electron chi connectivity index (χ0n) is 15.9. The number of para-hydroxylation sites is 1. The Morgan fingerprint density at radius 1 is 1.04 bits per heavy atom. The van der Waals surface area contributed by atoms with Crippen molar-refractivity contribution in [1.82, 2.24) is 5.32 Å². The molecule has 5 nitrogen and oxygen atoms in total. The molecule has 1 saturated carbocycles. The highest BCUT2D eigenvalue weighted by atomic mass is 19.1. The number of ether oxygens (including phenoxy) is 1. The summed E-state index contributed by atoms with van der Waals surface area (Å²) in [5, 5.41) is 5.83. The lowest BCUT2D eigenvalue weighted by molar-refractivity contribution is -0.122. The summed E-state index contributed by atoms with van der Waals surface area (Å²) in [6.07, 6.45) is 4.64. The third kappa shape index (κ3) is 5.31. The fourth-order valence-electron chi connectivity index (χ4n) is 3.31. The molecule has 0 spiro atoms. The second-order valence-electron chi connectivity index (χ2n) is 7.06. The van der Waals surface area contributed by atoms with Crippen molar-refractivity contribution in [3.63, 3.8) is 0 Å². The number of carbonyl (C=O) groups is 2. The molecule has 0 unspecified atom stereocenters. The molecule has 0 aliphatic heterocycles. The maximum atomic E-state index is 13.0. The summed E-state index contributed by atoms with van der Waals surface area (Å²) in [5.74, 6) is -0.549. The van der Waals surface area contributed by atoms with Crippen LogP contribution in [0.2, 0.25) is 0 Å². The summed E-state index contributed by atoms with van der Waals surface area (Å²) in [7, 11) is 0. The number of carbonyl (C=O) groups excluding carboxylic acids is 2. The highest BCUT2D eigenvalue weighted by molar-refractivity contribution is 6.04. The van der Waals surface area contributed by atoms with Crippen LogP contribution in [0.1, 0.15) is 49.4 Å². The van der Waals surface area contributed by atoms with Gasteiger partial charge in [0.2, 0.25) is 0 Å². The van der Waals surface area contributed by atoms with Gasteiger partial charge in [-0.05, 0) is 56.2 Å². The Kier molecular flexibility index (Phi) is 6.63. The van der Waals surface area contributed by atoms with E-state index in [0.29, 0.717) is 17.0 Å². The van der Waals surface area contributed by atoms with Gasteiger partial charge in [-0.2, -0.15) is 0 Å². The number of hydrogen-bond donors (Lipinski definition) is 2.